The lowest BCUT2D eigenvalue weighted by molar-refractivity contribution is -0.0435. The summed E-state index contributed by atoms with van der Waals surface area (Å²) in [5.41, 5.74) is -1.03. The molecular weight excluding hydrogens is 1000 g/mol. The van der Waals surface area contributed by atoms with Crippen LogP contribution >= 0.6 is 11.6 Å². The summed E-state index contributed by atoms with van der Waals surface area (Å²) in [6.45, 7) is 9.67. The maximum atomic E-state index is 14.1. The first-order valence-electron chi connectivity index (χ1n) is 23.3. The fraction of sp³-hybridized carbons (Fsp3) is 0.429. The van der Waals surface area contributed by atoms with Gasteiger partial charge in [-0.15, -0.1) is 0 Å². The number of amides is 1. The molecule has 15 nitrogen and oxygen atoms in total. The van der Waals surface area contributed by atoms with E-state index in [0.29, 0.717) is 73.4 Å². The summed E-state index contributed by atoms with van der Waals surface area (Å²) in [7, 11) is -13.4. The number of ether oxygens (including phenoxy) is 1. The number of anilines is 2. The van der Waals surface area contributed by atoms with Crippen LogP contribution in [-0.4, -0.2) is 130 Å². The summed E-state index contributed by atoms with van der Waals surface area (Å²) in [6, 6.07) is 18.4. The van der Waals surface area contributed by atoms with E-state index in [1.54, 1.807) is 43.0 Å². The molecule has 0 spiro atoms. The van der Waals surface area contributed by atoms with E-state index in [-0.39, 0.29) is 35.1 Å². The number of sulfonamides is 1. The van der Waals surface area contributed by atoms with Crippen LogP contribution in [0.2, 0.25) is 5.02 Å². The van der Waals surface area contributed by atoms with Crippen molar-refractivity contribution in [2.24, 2.45) is 9.78 Å². The fourth-order valence-electron chi connectivity index (χ4n) is 9.33. The van der Waals surface area contributed by atoms with Gasteiger partial charge in [0, 0.05) is 110 Å². The van der Waals surface area contributed by atoms with Crippen LogP contribution in [0.5, 0.6) is 11.5 Å². The van der Waals surface area contributed by atoms with Crippen molar-refractivity contribution in [3.05, 3.63) is 107 Å². The number of alkyl halides is 3. The third-order valence-electron chi connectivity index (χ3n) is 13.1. The zero-order valence-corrected chi connectivity index (χ0v) is 43.1. The molecular formula is C49H58ClF3N8O7S3. The largest absolute Gasteiger partial charge is 0.501 e. The third-order valence-corrected chi connectivity index (χ3v) is 17.0. The van der Waals surface area contributed by atoms with E-state index >= 15 is 0 Å². The number of benzene rings is 3. The number of piperidine rings is 1. The van der Waals surface area contributed by atoms with Gasteiger partial charge in [-0.25, -0.2) is 30.9 Å². The number of piperazine rings is 1. The average molecular weight is 1060 g/mol. The molecule has 382 valence electrons. The van der Waals surface area contributed by atoms with Crippen LogP contribution in [0.1, 0.15) is 61.9 Å². The Morgan fingerprint density at radius 2 is 1.63 bits per heavy atom. The lowest BCUT2D eigenvalue weighted by Crippen LogP contribution is -2.47. The van der Waals surface area contributed by atoms with Gasteiger partial charge in [-0.3, -0.25) is 13.9 Å². The minimum absolute atomic E-state index is 0.0210. The molecule has 71 heavy (non-hydrogen) atoms. The van der Waals surface area contributed by atoms with E-state index < -0.39 is 56.5 Å². The molecule has 5 aromatic rings. The van der Waals surface area contributed by atoms with Crippen LogP contribution in [0.25, 0.3) is 16.6 Å². The van der Waals surface area contributed by atoms with Crippen LogP contribution in [-0.2, 0) is 29.6 Å². The Morgan fingerprint density at radius 1 is 0.915 bits per heavy atom. The predicted octanol–water partition coefficient (Wildman–Crippen LogP) is 8.81. The number of likely N-dealkylation sites (tertiary alicyclic amines) is 1. The summed E-state index contributed by atoms with van der Waals surface area (Å²) in [6.07, 6.45) is 10.6. The molecule has 22 heteroatoms. The van der Waals surface area contributed by atoms with Crippen LogP contribution < -0.4 is 19.7 Å². The number of carbonyl (C=O) groups is 1. The number of sulfone groups is 1. The number of H-pyrrole nitrogens is 1. The number of hydrogen-bond donors (Lipinski definition) is 3. The average Bonchev–Trinajstić information content (AvgIpc) is 3.78. The first-order valence-corrected chi connectivity index (χ1v) is 28.9. The number of fused-ring (bicyclic) bond motifs is 1. The first-order chi connectivity index (χ1) is 33.4. The van der Waals surface area contributed by atoms with E-state index in [1.807, 2.05) is 21.8 Å². The summed E-state index contributed by atoms with van der Waals surface area (Å²) in [5, 5.41) is 4.13. The maximum absolute atomic E-state index is 14.1. The van der Waals surface area contributed by atoms with Crippen molar-refractivity contribution in [2.75, 3.05) is 81.6 Å². The number of nitrogens with zero attached hydrogens (tertiary/aromatic N) is 5. The fourth-order valence-corrected chi connectivity index (χ4v) is 12.4. The lowest BCUT2D eigenvalue weighted by atomic mass is 9.72. The Labute approximate surface area is 418 Å². The second-order valence-electron chi connectivity index (χ2n) is 19.4. The second-order valence-corrected chi connectivity index (χ2v) is 26.0. The summed E-state index contributed by atoms with van der Waals surface area (Å²) in [4.78, 5) is 25.8. The number of hydrogen-bond acceptors (Lipinski definition) is 13. The smallest absolute Gasteiger partial charge is 0.455 e. The highest BCUT2D eigenvalue weighted by Gasteiger charge is 2.48. The van der Waals surface area contributed by atoms with Crippen molar-refractivity contribution in [1.29, 1.82) is 0 Å². The molecule has 0 saturated carbocycles. The normalized spacial score (nSPS) is 17.9. The van der Waals surface area contributed by atoms with Crippen LogP contribution in [0.4, 0.5) is 24.5 Å². The molecule has 2 aromatic heterocycles. The van der Waals surface area contributed by atoms with Gasteiger partial charge < -0.3 is 24.8 Å². The quantitative estimate of drug-likeness (QED) is 0.0906. The molecule has 2 aliphatic heterocycles. The SMILES string of the molecule is CC1(C)CCC(CN2CCN(c3ccc(C(=O)NS(=O)(=O)c4ccc(NCCN5CCC(N=S(C)(C)=O)CC5)c(S(=O)(=O)C(F)(F)F)c4)c(Oc4cnc5[nH]ccc5c4)c3)CC2)=C(c2ccc(Cl)cc2)C1. The van der Waals surface area contributed by atoms with Crippen LogP contribution in [0, 0.1) is 5.41 Å². The predicted molar refractivity (Wildman–Crippen MR) is 272 cm³/mol. The van der Waals surface area contributed by atoms with Gasteiger partial charge >= 0.3 is 5.51 Å². The zero-order valence-electron chi connectivity index (χ0n) is 39.9. The Kier molecular flexibility index (Phi) is 15.2. The number of halogens is 4. The van der Waals surface area contributed by atoms with Crippen molar-refractivity contribution in [3.63, 3.8) is 0 Å². The Bertz CT molecular complexity index is 3170. The topological polar surface area (TPSA) is 186 Å². The lowest BCUT2D eigenvalue weighted by Gasteiger charge is -2.39. The van der Waals surface area contributed by atoms with Gasteiger partial charge in [-0.2, -0.15) is 13.2 Å². The van der Waals surface area contributed by atoms with Crippen molar-refractivity contribution < 1.29 is 43.7 Å². The van der Waals surface area contributed by atoms with Gasteiger partial charge in [0.15, 0.2) is 0 Å². The van der Waals surface area contributed by atoms with Crippen molar-refractivity contribution >= 4 is 75.1 Å². The van der Waals surface area contributed by atoms with E-state index in [2.05, 4.69) is 55.4 Å². The number of aromatic nitrogens is 2. The van der Waals surface area contributed by atoms with Gasteiger partial charge in [-0.05, 0) is 103 Å². The Hall–Kier alpha value is -5.19. The van der Waals surface area contributed by atoms with Crippen molar-refractivity contribution in [3.8, 4) is 11.5 Å². The van der Waals surface area contributed by atoms with Gasteiger partial charge in [0.1, 0.15) is 22.0 Å². The molecule has 2 fully saturated rings. The minimum atomic E-state index is -6.08. The molecule has 3 aliphatic rings. The number of carbonyl (C=O) groups excluding carboxylic acids is 1. The molecule has 0 bridgehead atoms. The molecule has 1 amide bonds. The standard InChI is InChI=1S/C49H58ClF3N8O7S3/c1-48(2)17-13-35(42(30-48)33-5-7-36(50)8-6-33)32-60-23-25-61(26-24-60)38-9-11-41(44(28-38)68-39-27-34-14-18-55-46(34)56-31-39)47(62)58-71(66,67)40-10-12-43(45(29-40)70(64,65)49(51,52)53)54-19-22-59-20-15-37(16-21-59)57-69(3,4)63/h5-12,14,18,27-29,31,37,54H,13,15-17,19-26,30,32H2,1-4H3,(H,55,56)(H,58,62). The minimum Gasteiger partial charge on any atom is -0.455 e. The van der Waals surface area contributed by atoms with Crippen molar-refractivity contribution in [2.45, 2.75) is 67.3 Å². The Morgan fingerprint density at radius 3 is 2.32 bits per heavy atom. The first kappa shape index (κ1) is 52.1. The van der Waals surface area contributed by atoms with Crippen molar-refractivity contribution in [1.82, 2.24) is 24.5 Å². The van der Waals surface area contributed by atoms with E-state index in [9.17, 15) is 39.0 Å². The highest BCUT2D eigenvalue weighted by atomic mass is 35.5. The maximum Gasteiger partial charge on any atom is 0.501 e. The number of pyridine rings is 1. The second kappa shape index (κ2) is 20.7. The van der Waals surface area contributed by atoms with Gasteiger partial charge in [0.05, 0.1) is 28.4 Å². The number of aromatic amines is 1. The molecule has 1 aliphatic carbocycles. The highest BCUT2D eigenvalue weighted by molar-refractivity contribution is 7.92. The summed E-state index contributed by atoms with van der Waals surface area (Å²) in [5.74, 6) is -0.955. The molecule has 2 saturated heterocycles. The Balaban J connectivity index is 1.00. The number of allylic oxidation sites excluding steroid dienone is 1. The van der Waals surface area contributed by atoms with Gasteiger partial charge in [0.25, 0.3) is 25.8 Å². The van der Waals surface area contributed by atoms with Gasteiger partial charge in [-0.1, -0.05) is 43.2 Å². The summed E-state index contributed by atoms with van der Waals surface area (Å²) < 4.78 is 121. The van der Waals surface area contributed by atoms with Crippen LogP contribution in [0.15, 0.2) is 105 Å². The number of rotatable bonds is 15. The zero-order chi connectivity index (χ0) is 50.9. The van der Waals surface area contributed by atoms with E-state index in [4.69, 9.17) is 16.3 Å². The highest BCUT2D eigenvalue weighted by Crippen LogP contribution is 2.44. The molecule has 8 rings (SSSR count). The number of nitrogens with one attached hydrogen (secondary N) is 3. The third kappa shape index (κ3) is 12.7. The molecule has 0 unspecified atom stereocenters. The molecule has 3 N–H and O–H groups in total. The molecule has 3 aromatic carbocycles. The molecule has 0 atom stereocenters. The molecule has 0 radical (unpaired) electrons. The van der Waals surface area contributed by atoms with E-state index in [1.165, 1.54) is 29.0 Å². The van der Waals surface area contributed by atoms with Crippen LogP contribution in [0.3, 0.4) is 0 Å². The van der Waals surface area contributed by atoms with E-state index in [0.717, 1.165) is 51.0 Å². The summed E-state index contributed by atoms with van der Waals surface area (Å²) >= 11 is 6.24. The van der Waals surface area contributed by atoms with Gasteiger partial charge in [0.2, 0.25) is 0 Å². The molecule has 4 heterocycles. The monoisotopic (exact) mass is 1060 g/mol.